The summed E-state index contributed by atoms with van der Waals surface area (Å²) in [5.74, 6) is 1.70. The van der Waals surface area contributed by atoms with Crippen LogP contribution in [0.5, 0.6) is 0 Å². The fourth-order valence-corrected chi connectivity index (χ4v) is 6.00. The quantitative estimate of drug-likeness (QED) is 0.611. The van der Waals surface area contributed by atoms with Crippen LogP contribution in [0.1, 0.15) is 43.0 Å². The molecule has 0 unspecified atom stereocenters. The molecule has 0 bridgehead atoms. The van der Waals surface area contributed by atoms with Crippen LogP contribution >= 0.6 is 23.5 Å². The largest absolute Gasteiger partial charge is 0.451 e. The highest BCUT2D eigenvalue weighted by Gasteiger charge is 2.19. The van der Waals surface area contributed by atoms with E-state index in [0.717, 1.165) is 10.9 Å². The van der Waals surface area contributed by atoms with Gasteiger partial charge in [-0.3, -0.25) is 20.4 Å². The number of hydrogen-bond acceptors (Lipinski definition) is 5. The molecule has 2 N–H and O–H groups in total. The Morgan fingerprint density at radius 2 is 1.64 bits per heavy atom. The number of nitrogens with one attached hydrogen (secondary N) is 2. The van der Waals surface area contributed by atoms with Crippen LogP contribution in [0, 0.1) is 6.92 Å². The average Bonchev–Trinajstić information content (AvgIpc) is 3.09. The van der Waals surface area contributed by atoms with E-state index in [1.54, 1.807) is 12.1 Å². The van der Waals surface area contributed by atoms with E-state index >= 15 is 0 Å². The molecule has 1 saturated heterocycles. The maximum atomic E-state index is 12.4. The van der Waals surface area contributed by atoms with Gasteiger partial charge in [0.05, 0.1) is 4.58 Å². The van der Waals surface area contributed by atoms with Gasteiger partial charge in [0.2, 0.25) is 0 Å². The van der Waals surface area contributed by atoms with Crippen LogP contribution in [0.4, 0.5) is 0 Å². The molecule has 0 atom stereocenters. The van der Waals surface area contributed by atoms with E-state index in [-0.39, 0.29) is 11.7 Å². The lowest BCUT2D eigenvalue weighted by molar-refractivity contribution is 0.0831. The summed E-state index contributed by atoms with van der Waals surface area (Å²) >= 11 is 3.88. The van der Waals surface area contributed by atoms with Crippen LogP contribution in [-0.4, -0.2) is 23.3 Å². The maximum Gasteiger partial charge on any atom is 0.305 e. The first-order valence-corrected chi connectivity index (χ1v) is 11.2. The molecule has 28 heavy (non-hydrogen) atoms. The first kappa shape index (κ1) is 19.0. The minimum Gasteiger partial charge on any atom is -0.451 e. The van der Waals surface area contributed by atoms with Crippen LogP contribution in [0.15, 0.2) is 52.9 Å². The van der Waals surface area contributed by atoms with E-state index in [1.807, 2.05) is 66.8 Å². The molecule has 0 aliphatic carbocycles. The second kappa shape index (κ2) is 8.32. The van der Waals surface area contributed by atoms with Crippen molar-refractivity contribution in [3.05, 3.63) is 71.0 Å². The molecule has 4 rings (SSSR count). The Hall–Kier alpha value is -2.38. The maximum absolute atomic E-state index is 12.4. The van der Waals surface area contributed by atoms with Gasteiger partial charge in [0.1, 0.15) is 5.58 Å². The van der Waals surface area contributed by atoms with E-state index in [4.69, 9.17) is 4.42 Å². The summed E-state index contributed by atoms with van der Waals surface area (Å²) in [7, 11) is 0. The molecular weight excluding hydrogens is 392 g/mol. The third kappa shape index (κ3) is 3.91. The minimum absolute atomic E-state index is 0.197. The lowest BCUT2D eigenvalue weighted by atomic mass is 10.1. The standard InChI is InChI=1S/C21H20N2O3S2/c1-13-16-5-2-3-6-17(16)26-18(13)20(25)23-22-19(24)14-7-9-15(10-8-14)21-27-11-4-12-28-21/h2-3,5-10,21H,4,11-12H2,1H3,(H,22,24)(H,23,25). The Morgan fingerprint density at radius 1 is 0.964 bits per heavy atom. The van der Waals surface area contributed by atoms with Gasteiger partial charge >= 0.3 is 5.91 Å². The van der Waals surface area contributed by atoms with E-state index in [0.29, 0.717) is 15.7 Å². The van der Waals surface area contributed by atoms with Gasteiger partial charge < -0.3 is 4.42 Å². The van der Waals surface area contributed by atoms with Crippen LogP contribution in [0.2, 0.25) is 0 Å². The number of carbonyl (C=O) groups is 2. The summed E-state index contributed by atoms with van der Waals surface area (Å²) < 4.78 is 6.05. The SMILES string of the molecule is Cc1c(C(=O)NNC(=O)c2ccc(C3SCCCS3)cc2)oc2ccccc12. The third-order valence-electron chi connectivity index (χ3n) is 4.61. The molecule has 2 amide bonds. The first-order chi connectivity index (χ1) is 13.6. The summed E-state index contributed by atoms with van der Waals surface area (Å²) in [6.45, 7) is 1.82. The summed E-state index contributed by atoms with van der Waals surface area (Å²) in [6, 6.07) is 15.0. The number of hydrazine groups is 1. The Morgan fingerprint density at radius 3 is 2.36 bits per heavy atom. The fourth-order valence-electron chi connectivity index (χ4n) is 3.11. The molecule has 5 nitrogen and oxygen atoms in total. The number of aryl methyl sites for hydroxylation is 1. The van der Waals surface area contributed by atoms with E-state index in [2.05, 4.69) is 10.9 Å². The zero-order chi connectivity index (χ0) is 19.5. The summed E-state index contributed by atoms with van der Waals surface area (Å²) in [5.41, 5.74) is 8.00. The highest BCUT2D eigenvalue weighted by atomic mass is 32.2. The first-order valence-electron chi connectivity index (χ1n) is 9.05. The lowest BCUT2D eigenvalue weighted by Gasteiger charge is -2.21. The number of amides is 2. The summed E-state index contributed by atoms with van der Waals surface area (Å²) in [5, 5.41) is 0.882. The molecule has 1 fully saturated rings. The number of thioether (sulfide) groups is 2. The number of rotatable bonds is 3. The number of carbonyl (C=O) groups excluding carboxylic acids is 2. The third-order valence-corrected chi connectivity index (χ3v) is 7.63. The number of para-hydroxylation sites is 1. The predicted octanol–water partition coefficient (Wildman–Crippen LogP) is 4.68. The van der Waals surface area contributed by atoms with Crippen molar-refractivity contribution in [3.8, 4) is 0 Å². The molecular formula is C21H20N2O3S2. The summed E-state index contributed by atoms with van der Waals surface area (Å²) in [6.07, 6.45) is 1.25. The van der Waals surface area contributed by atoms with Crippen molar-refractivity contribution in [3.63, 3.8) is 0 Å². The highest BCUT2D eigenvalue weighted by Crippen LogP contribution is 2.43. The number of furan rings is 1. The monoisotopic (exact) mass is 412 g/mol. The molecule has 2 heterocycles. The van der Waals surface area contributed by atoms with Crippen LogP contribution < -0.4 is 10.9 Å². The molecule has 144 valence electrons. The molecule has 1 aromatic heterocycles. The molecule has 1 aliphatic heterocycles. The van der Waals surface area contributed by atoms with Gasteiger partial charge in [-0.1, -0.05) is 30.3 Å². The van der Waals surface area contributed by atoms with E-state index < -0.39 is 5.91 Å². The normalized spacial score (nSPS) is 14.8. The highest BCUT2D eigenvalue weighted by molar-refractivity contribution is 8.16. The van der Waals surface area contributed by atoms with Crippen molar-refractivity contribution < 1.29 is 14.0 Å². The summed E-state index contributed by atoms with van der Waals surface area (Å²) in [4.78, 5) is 24.8. The van der Waals surface area contributed by atoms with Gasteiger partial charge in [0, 0.05) is 16.5 Å². The molecule has 0 spiro atoms. The number of fused-ring (bicyclic) bond motifs is 1. The Balaban J connectivity index is 1.39. The minimum atomic E-state index is -0.478. The van der Waals surface area contributed by atoms with Crippen molar-refractivity contribution in [2.24, 2.45) is 0 Å². The molecule has 7 heteroatoms. The smallest absolute Gasteiger partial charge is 0.305 e. The van der Waals surface area contributed by atoms with Crippen LogP contribution in [0.25, 0.3) is 11.0 Å². The van der Waals surface area contributed by atoms with Gasteiger partial charge in [-0.2, -0.15) is 0 Å². The Kier molecular flexibility index (Phi) is 5.64. The van der Waals surface area contributed by atoms with Gasteiger partial charge in [0.25, 0.3) is 5.91 Å². The van der Waals surface area contributed by atoms with Gasteiger partial charge in [-0.25, -0.2) is 0 Å². The van der Waals surface area contributed by atoms with Crippen molar-refractivity contribution in [2.45, 2.75) is 17.9 Å². The average molecular weight is 413 g/mol. The van der Waals surface area contributed by atoms with Crippen LogP contribution in [0.3, 0.4) is 0 Å². The Bertz CT molecular complexity index is 1010. The van der Waals surface area contributed by atoms with Crippen molar-refractivity contribution in [1.82, 2.24) is 10.9 Å². The van der Waals surface area contributed by atoms with Gasteiger partial charge in [-0.15, -0.1) is 23.5 Å². The van der Waals surface area contributed by atoms with Gasteiger partial charge in [-0.05, 0) is 48.6 Å². The lowest BCUT2D eigenvalue weighted by Crippen LogP contribution is -2.41. The zero-order valence-electron chi connectivity index (χ0n) is 15.4. The Labute approximate surface area is 171 Å². The topological polar surface area (TPSA) is 71.3 Å². The van der Waals surface area contributed by atoms with Crippen molar-refractivity contribution in [2.75, 3.05) is 11.5 Å². The second-order valence-electron chi connectivity index (χ2n) is 6.51. The second-order valence-corrected chi connectivity index (χ2v) is 9.23. The van der Waals surface area contributed by atoms with Crippen LogP contribution in [-0.2, 0) is 0 Å². The molecule has 0 radical (unpaired) electrons. The molecule has 0 saturated carbocycles. The zero-order valence-corrected chi connectivity index (χ0v) is 17.0. The van der Waals surface area contributed by atoms with Crippen molar-refractivity contribution in [1.29, 1.82) is 0 Å². The van der Waals surface area contributed by atoms with E-state index in [1.165, 1.54) is 23.5 Å². The molecule has 2 aromatic carbocycles. The molecule has 1 aliphatic rings. The van der Waals surface area contributed by atoms with Gasteiger partial charge in [0.15, 0.2) is 5.76 Å². The fraction of sp³-hybridized carbons (Fsp3) is 0.238. The predicted molar refractivity (Wildman–Crippen MR) is 115 cm³/mol. The van der Waals surface area contributed by atoms with Crippen molar-refractivity contribution >= 4 is 46.3 Å². The number of hydrogen-bond donors (Lipinski definition) is 2. The molecule has 3 aromatic rings. The van der Waals surface area contributed by atoms with E-state index in [9.17, 15) is 9.59 Å². The number of benzene rings is 2.